The number of halogens is 1. The lowest BCUT2D eigenvalue weighted by atomic mass is 9.77. The topological polar surface area (TPSA) is 12.0 Å². The predicted octanol–water partition coefficient (Wildman–Crippen LogP) is 4.69. The Bertz CT molecular complexity index is 391. The van der Waals surface area contributed by atoms with Gasteiger partial charge in [-0.15, -0.1) is 0 Å². The summed E-state index contributed by atoms with van der Waals surface area (Å²) in [6.07, 6.45) is 6.58. The second kappa shape index (κ2) is 7.31. The first-order valence-electron chi connectivity index (χ1n) is 7.67. The fourth-order valence-electron chi connectivity index (χ4n) is 3.42. The van der Waals surface area contributed by atoms with Crippen LogP contribution in [0.3, 0.4) is 0 Å². The zero-order chi connectivity index (χ0) is 13.7. The molecular weight excluding hydrogens is 254 g/mol. The van der Waals surface area contributed by atoms with Crippen molar-refractivity contribution in [2.45, 2.75) is 52.0 Å². The Morgan fingerprint density at radius 3 is 2.79 bits per heavy atom. The second-order valence-electron chi connectivity index (χ2n) is 5.99. The molecule has 3 unspecified atom stereocenters. The van der Waals surface area contributed by atoms with Crippen LogP contribution >= 0.6 is 11.6 Å². The van der Waals surface area contributed by atoms with E-state index in [9.17, 15) is 0 Å². The van der Waals surface area contributed by atoms with Crippen molar-refractivity contribution in [3.63, 3.8) is 0 Å². The highest BCUT2D eigenvalue weighted by molar-refractivity contribution is 6.31. The van der Waals surface area contributed by atoms with Crippen molar-refractivity contribution in [3.05, 3.63) is 34.9 Å². The first-order valence-corrected chi connectivity index (χ1v) is 8.05. The zero-order valence-electron chi connectivity index (χ0n) is 12.2. The molecule has 1 aliphatic carbocycles. The van der Waals surface area contributed by atoms with E-state index in [0.29, 0.717) is 6.04 Å². The maximum atomic E-state index is 6.31. The molecule has 0 radical (unpaired) electrons. The van der Waals surface area contributed by atoms with Crippen LogP contribution in [-0.2, 0) is 6.42 Å². The van der Waals surface area contributed by atoms with Crippen molar-refractivity contribution in [1.82, 2.24) is 5.32 Å². The molecule has 0 spiro atoms. The summed E-state index contributed by atoms with van der Waals surface area (Å²) >= 11 is 6.31. The molecule has 0 aliphatic heterocycles. The molecule has 19 heavy (non-hydrogen) atoms. The highest BCUT2D eigenvalue weighted by Crippen LogP contribution is 2.32. The molecule has 0 saturated heterocycles. The number of likely N-dealkylation sites (N-methyl/N-ethyl adjacent to an activating group) is 1. The predicted molar refractivity (Wildman–Crippen MR) is 83.7 cm³/mol. The van der Waals surface area contributed by atoms with Gasteiger partial charge in [-0.1, -0.05) is 56.5 Å². The molecular formula is C17H26ClN. The lowest BCUT2D eigenvalue weighted by Gasteiger charge is -2.34. The van der Waals surface area contributed by atoms with Gasteiger partial charge in [-0.05, 0) is 49.3 Å². The van der Waals surface area contributed by atoms with E-state index in [0.717, 1.165) is 29.8 Å². The van der Waals surface area contributed by atoms with Gasteiger partial charge < -0.3 is 5.32 Å². The van der Waals surface area contributed by atoms with E-state index in [1.807, 2.05) is 12.1 Å². The van der Waals surface area contributed by atoms with E-state index >= 15 is 0 Å². The summed E-state index contributed by atoms with van der Waals surface area (Å²) in [5.74, 6) is 1.69. The van der Waals surface area contributed by atoms with Gasteiger partial charge in [0.1, 0.15) is 0 Å². The first-order chi connectivity index (χ1) is 9.20. The van der Waals surface area contributed by atoms with Crippen LogP contribution in [0.25, 0.3) is 0 Å². The normalized spacial score (nSPS) is 25.2. The summed E-state index contributed by atoms with van der Waals surface area (Å²) in [5.41, 5.74) is 1.29. The van der Waals surface area contributed by atoms with Crippen LogP contribution in [0.4, 0.5) is 0 Å². The summed E-state index contributed by atoms with van der Waals surface area (Å²) < 4.78 is 0. The van der Waals surface area contributed by atoms with Gasteiger partial charge in [0.15, 0.2) is 0 Å². The smallest absolute Gasteiger partial charge is 0.0438 e. The molecule has 0 amide bonds. The van der Waals surface area contributed by atoms with Crippen LogP contribution in [-0.4, -0.2) is 12.6 Å². The molecule has 1 nitrogen and oxygen atoms in total. The monoisotopic (exact) mass is 279 g/mol. The number of hydrogen-bond acceptors (Lipinski definition) is 1. The van der Waals surface area contributed by atoms with Gasteiger partial charge in [0.05, 0.1) is 0 Å². The summed E-state index contributed by atoms with van der Waals surface area (Å²) in [6.45, 7) is 5.64. The van der Waals surface area contributed by atoms with Crippen molar-refractivity contribution in [1.29, 1.82) is 0 Å². The molecule has 0 aromatic heterocycles. The van der Waals surface area contributed by atoms with E-state index in [2.05, 4.69) is 31.3 Å². The van der Waals surface area contributed by atoms with E-state index in [4.69, 9.17) is 11.6 Å². The van der Waals surface area contributed by atoms with E-state index in [1.54, 1.807) is 0 Å². The Morgan fingerprint density at radius 2 is 2.11 bits per heavy atom. The quantitative estimate of drug-likeness (QED) is 0.825. The summed E-state index contributed by atoms with van der Waals surface area (Å²) in [7, 11) is 0. The van der Waals surface area contributed by atoms with Gasteiger partial charge in [-0.3, -0.25) is 0 Å². The molecule has 0 heterocycles. The Morgan fingerprint density at radius 1 is 1.32 bits per heavy atom. The van der Waals surface area contributed by atoms with Gasteiger partial charge in [-0.2, -0.15) is 0 Å². The lowest BCUT2D eigenvalue weighted by Crippen LogP contribution is -2.40. The van der Waals surface area contributed by atoms with Crippen LogP contribution in [0.2, 0.25) is 5.02 Å². The van der Waals surface area contributed by atoms with Gasteiger partial charge >= 0.3 is 0 Å². The molecule has 1 aromatic rings. The first kappa shape index (κ1) is 14.9. The van der Waals surface area contributed by atoms with Crippen molar-refractivity contribution in [3.8, 4) is 0 Å². The van der Waals surface area contributed by atoms with Gasteiger partial charge in [0, 0.05) is 11.1 Å². The van der Waals surface area contributed by atoms with Gasteiger partial charge in [-0.25, -0.2) is 0 Å². The number of rotatable bonds is 5. The molecule has 0 bridgehead atoms. The average molecular weight is 280 g/mol. The number of hydrogen-bond donors (Lipinski definition) is 1. The van der Waals surface area contributed by atoms with Crippen LogP contribution in [0, 0.1) is 11.8 Å². The minimum atomic E-state index is 0.577. The van der Waals surface area contributed by atoms with Crippen LogP contribution in [0.5, 0.6) is 0 Å². The highest BCUT2D eigenvalue weighted by Gasteiger charge is 2.26. The van der Waals surface area contributed by atoms with Gasteiger partial charge in [0.25, 0.3) is 0 Å². The number of nitrogens with one attached hydrogen (secondary N) is 1. The zero-order valence-corrected chi connectivity index (χ0v) is 12.9. The van der Waals surface area contributed by atoms with Crippen LogP contribution in [0.1, 0.15) is 45.1 Å². The third-order valence-corrected chi connectivity index (χ3v) is 4.78. The van der Waals surface area contributed by atoms with Gasteiger partial charge in [0.2, 0.25) is 0 Å². The average Bonchev–Trinajstić information content (AvgIpc) is 2.40. The van der Waals surface area contributed by atoms with E-state index < -0.39 is 0 Å². The van der Waals surface area contributed by atoms with Crippen LogP contribution < -0.4 is 5.32 Å². The van der Waals surface area contributed by atoms with E-state index in [1.165, 1.54) is 31.2 Å². The Kier molecular flexibility index (Phi) is 5.72. The minimum absolute atomic E-state index is 0.577. The molecule has 1 aromatic carbocycles. The molecule has 1 saturated carbocycles. The lowest BCUT2D eigenvalue weighted by molar-refractivity contribution is 0.222. The fraction of sp³-hybridized carbons (Fsp3) is 0.647. The molecule has 1 fully saturated rings. The van der Waals surface area contributed by atoms with E-state index in [-0.39, 0.29) is 0 Å². The standard InChI is InChI=1S/C17H26ClN/c1-3-19-17(15-9-6-7-13(2)11-15)12-14-8-4-5-10-16(14)18/h4-5,8,10,13,15,17,19H,3,6-7,9,11-12H2,1-2H3. The highest BCUT2D eigenvalue weighted by atomic mass is 35.5. The molecule has 3 atom stereocenters. The molecule has 2 rings (SSSR count). The Balaban J connectivity index is 2.05. The van der Waals surface area contributed by atoms with Crippen molar-refractivity contribution >= 4 is 11.6 Å². The fourth-order valence-corrected chi connectivity index (χ4v) is 3.63. The summed E-state index contributed by atoms with van der Waals surface area (Å²) in [4.78, 5) is 0. The molecule has 106 valence electrons. The molecule has 1 N–H and O–H groups in total. The SMILES string of the molecule is CCNC(Cc1ccccc1Cl)C1CCCC(C)C1. The van der Waals surface area contributed by atoms with Crippen molar-refractivity contribution in [2.75, 3.05) is 6.54 Å². The third kappa shape index (κ3) is 4.22. The summed E-state index contributed by atoms with van der Waals surface area (Å²) in [6, 6.07) is 8.85. The third-order valence-electron chi connectivity index (χ3n) is 4.41. The molecule has 1 aliphatic rings. The Hall–Kier alpha value is -0.530. The summed E-state index contributed by atoms with van der Waals surface area (Å²) in [5, 5.41) is 4.60. The maximum Gasteiger partial charge on any atom is 0.0438 e. The van der Waals surface area contributed by atoms with Crippen LogP contribution in [0.15, 0.2) is 24.3 Å². The molecule has 2 heteroatoms. The van der Waals surface area contributed by atoms with Crippen molar-refractivity contribution < 1.29 is 0 Å². The second-order valence-corrected chi connectivity index (χ2v) is 6.40. The largest absolute Gasteiger partial charge is 0.314 e. The van der Waals surface area contributed by atoms with Crippen molar-refractivity contribution in [2.24, 2.45) is 11.8 Å². The number of benzene rings is 1. The Labute approximate surface area is 122 Å². The maximum absolute atomic E-state index is 6.31. The minimum Gasteiger partial charge on any atom is -0.314 e.